The van der Waals surface area contributed by atoms with Crippen molar-refractivity contribution in [3.63, 3.8) is 0 Å². The molecule has 0 heterocycles. The highest BCUT2D eigenvalue weighted by Gasteiger charge is 2.29. The molecule has 1 aromatic carbocycles. The van der Waals surface area contributed by atoms with Crippen molar-refractivity contribution in [3.8, 4) is 0 Å². The molecule has 2 rings (SSSR count). The van der Waals surface area contributed by atoms with E-state index in [1.807, 2.05) is 0 Å². The Morgan fingerprint density at radius 1 is 1.22 bits per heavy atom. The van der Waals surface area contributed by atoms with Gasteiger partial charge >= 0.3 is 5.97 Å². The van der Waals surface area contributed by atoms with Gasteiger partial charge in [0.15, 0.2) is 0 Å². The van der Waals surface area contributed by atoms with Crippen molar-refractivity contribution in [2.75, 3.05) is 6.54 Å². The molecule has 1 saturated carbocycles. The van der Waals surface area contributed by atoms with Crippen LogP contribution in [-0.4, -0.2) is 23.5 Å². The largest absolute Gasteiger partial charge is 0.481 e. The van der Waals surface area contributed by atoms with E-state index in [0.29, 0.717) is 0 Å². The zero-order chi connectivity index (χ0) is 16.8. The van der Waals surface area contributed by atoms with Gasteiger partial charge in [0, 0.05) is 17.7 Å². The zero-order valence-electron chi connectivity index (χ0n) is 12.8. The summed E-state index contributed by atoms with van der Waals surface area (Å²) in [4.78, 5) is 23.5. The highest BCUT2D eigenvalue weighted by Crippen LogP contribution is 2.30. The van der Waals surface area contributed by atoms with E-state index in [9.17, 15) is 23.5 Å². The van der Waals surface area contributed by atoms with Gasteiger partial charge in [0.05, 0.1) is 5.92 Å². The van der Waals surface area contributed by atoms with E-state index in [-0.39, 0.29) is 23.6 Å². The molecule has 0 spiro atoms. The summed E-state index contributed by atoms with van der Waals surface area (Å²) in [6, 6.07) is 5.23. The number of carboxylic acids is 1. The number of benzene rings is 1. The van der Waals surface area contributed by atoms with Gasteiger partial charge in [-0.05, 0) is 30.9 Å². The smallest absolute Gasteiger partial charge is 0.308 e. The van der Waals surface area contributed by atoms with Crippen LogP contribution in [0.1, 0.15) is 54.5 Å². The molecule has 1 aliphatic rings. The van der Waals surface area contributed by atoms with E-state index in [4.69, 9.17) is 0 Å². The molecule has 2 N–H and O–H groups in total. The lowest BCUT2D eigenvalue weighted by Gasteiger charge is -2.27. The standard InChI is InChI=1S/C17H21F2NO3/c18-15(19)12-7-4-8-13(9-12)16(21)20-10-14(17(22)23)11-5-2-1-3-6-11/h4,7-9,11,14-15H,1-3,5-6,10H2,(H,20,21)(H,22,23)/t14-/m0/s1. The summed E-state index contributed by atoms with van der Waals surface area (Å²) in [5.41, 5.74) is -0.102. The first-order valence-corrected chi connectivity index (χ1v) is 7.88. The van der Waals surface area contributed by atoms with Crippen LogP contribution in [0.25, 0.3) is 0 Å². The van der Waals surface area contributed by atoms with Gasteiger partial charge in [-0.2, -0.15) is 0 Å². The quantitative estimate of drug-likeness (QED) is 0.839. The van der Waals surface area contributed by atoms with E-state index >= 15 is 0 Å². The second-order valence-electron chi connectivity index (χ2n) is 5.98. The number of carbonyl (C=O) groups excluding carboxylic acids is 1. The first-order chi connectivity index (χ1) is 11.0. The van der Waals surface area contributed by atoms with Gasteiger partial charge in [0.1, 0.15) is 0 Å². The van der Waals surface area contributed by atoms with Crippen LogP contribution in [0, 0.1) is 11.8 Å². The first kappa shape index (κ1) is 17.4. The highest BCUT2D eigenvalue weighted by atomic mass is 19.3. The number of amides is 1. The minimum atomic E-state index is -2.64. The number of hydrogen-bond acceptors (Lipinski definition) is 2. The number of alkyl halides is 2. The third kappa shape index (κ3) is 4.74. The lowest BCUT2D eigenvalue weighted by Crippen LogP contribution is -2.37. The summed E-state index contributed by atoms with van der Waals surface area (Å²) >= 11 is 0. The van der Waals surface area contributed by atoms with Crippen molar-refractivity contribution in [1.82, 2.24) is 5.32 Å². The molecule has 23 heavy (non-hydrogen) atoms. The Kier molecular flexibility index (Phi) is 6.07. The third-order valence-electron chi connectivity index (χ3n) is 4.42. The second-order valence-corrected chi connectivity index (χ2v) is 5.98. The number of rotatable bonds is 6. The fourth-order valence-electron chi connectivity index (χ4n) is 3.11. The van der Waals surface area contributed by atoms with E-state index < -0.39 is 24.2 Å². The monoisotopic (exact) mass is 325 g/mol. The van der Waals surface area contributed by atoms with Crippen LogP contribution < -0.4 is 5.32 Å². The molecule has 0 aromatic heterocycles. The predicted molar refractivity (Wildman–Crippen MR) is 81.4 cm³/mol. The number of nitrogens with one attached hydrogen (secondary N) is 1. The Morgan fingerprint density at radius 2 is 1.91 bits per heavy atom. The minimum Gasteiger partial charge on any atom is -0.481 e. The number of halogens is 2. The molecule has 1 fully saturated rings. The van der Waals surface area contributed by atoms with E-state index in [2.05, 4.69) is 5.32 Å². The molecule has 126 valence electrons. The molecule has 0 aliphatic heterocycles. The second kappa shape index (κ2) is 8.04. The molecular formula is C17H21F2NO3. The van der Waals surface area contributed by atoms with Crippen molar-refractivity contribution in [2.24, 2.45) is 11.8 Å². The Bertz CT molecular complexity index is 557. The van der Waals surface area contributed by atoms with E-state index in [1.54, 1.807) is 0 Å². The lowest BCUT2D eigenvalue weighted by molar-refractivity contribution is -0.143. The third-order valence-corrected chi connectivity index (χ3v) is 4.42. The van der Waals surface area contributed by atoms with Gasteiger partial charge in [0.2, 0.25) is 0 Å². The van der Waals surface area contributed by atoms with Crippen LogP contribution in [-0.2, 0) is 4.79 Å². The maximum absolute atomic E-state index is 12.7. The van der Waals surface area contributed by atoms with Crippen molar-refractivity contribution >= 4 is 11.9 Å². The topological polar surface area (TPSA) is 66.4 Å². The lowest BCUT2D eigenvalue weighted by atomic mass is 9.80. The van der Waals surface area contributed by atoms with Crippen LogP contribution in [0.3, 0.4) is 0 Å². The molecule has 1 atom stereocenters. The van der Waals surface area contributed by atoms with Crippen molar-refractivity contribution in [1.29, 1.82) is 0 Å². The maximum atomic E-state index is 12.7. The Morgan fingerprint density at radius 3 is 2.52 bits per heavy atom. The number of carboxylic acid groups (broad SMARTS) is 1. The van der Waals surface area contributed by atoms with Crippen LogP contribution in [0.15, 0.2) is 24.3 Å². The fourth-order valence-corrected chi connectivity index (χ4v) is 3.11. The average molecular weight is 325 g/mol. The maximum Gasteiger partial charge on any atom is 0.308 e. The fraction of sp³-hybridized carbons (Fsp3) is 0.529. The molecule has 1 amide bonds. The molecule has 0 unspecified atom stereocenters. The first-order valence-electron chi connectivity index (χ1n) is 7.88. The Labute approximate surface area is 133 Å². The molecule has 1 aliphatic carbocycles. The van der Waals surface area contributed by atoms with Crippen LogP contribution in [0.2, 0.25) is 0 Å². The zero-order valence-corrected chi connectivity index (χ0v) is 12.8. The summed E-state index contributed by atoms with van der Waals surface area (Å²) in [5.74, 6) is -2.00. The Hall–Kier alpha value is -1.98. The summed E-state index contributed by atoms with van der Waals surface area (Å²) < 4.78 is 25.3. The van der Waals surface area contributed by atoms with Crippen molar-refractivity contribution < 1.29 is 23.5 Å². The van der Waals surface area contributed by atoms with Crippen LogP contribution in [0.5, 0.6) is 0 Å². The van der Waals surface area contributed by atoms with E-state index in [1.165, 1.54) is 18.2 Å². The normalized spacial score (nSPS) is 17.0. The molecule has 0 radical (unpaired) electrons. The minimum absolute atomic E-state index is 0.0255. The SMILES string of the molecule is O=C(NC[C@H](C(=O)O)C1CCCCC1)c1cccc(C(F)F)c1. The number of aliphatic carboxylic acids is 1. The molecule has 4 nitrogen and oxygen atoms in total. The van der Waals surface area contributed by atoms with Crippen molar-refractivity contribution in [3.05, 3.63) is 35.4 Å². The number of hydrogen-bond donors (Lipinski definition) is 2. The molecular weight excluding hydrogens is 304 g/mol. The van der Waals surface area contributed by atoms with Gasteiger partial charge in [-0.1, -0.05) is 31.4 Å². The molecule has 1 aromatic rings. The van der Waals surface area contributed by atoms with E-state index in [0.717, 1.165) is 38.2 Å². The van der Waals surface area contributed by atoms with Gasteiger partial charge in [-0.15, -0.1) is 0 Å². The summed E-state index contributed by atoms with van der Waals surface area (Å²) in [6.07, 6.45) is 2.21. The van der Waals surface area contributed by atoms with Gasteiger partial charge < -0.3 is 10.4 Å². The van der Waals surface area contributed by atoms with Crippen molar-refractivity contribution in [2.45, 2.75) is 38.5 Å². The van der Waals surface area contributed by atoms with Crippen LogP contribution in [0.4, 0.5) is 8.78 Å². The molecule has 0 saturated heterocycles. The van der Waals surface area contributed by atoms with Gasteiger partial charge in [-0.3, -0.25) is 9.59 Å². The molecule has 0 bridgehead atoms. The average Bonchev–Trinajstić information content (AvgIpc) is 2.55. The van der Waals surface area contributed by atoms with Gasteiger partial charge in [0.25, 0.3) is 12.3 Å². The molecule has 6 heteroatoms. The summed E-state index contributed by atoms with van der Waals surface area (Å²) in [6.45, 7) is 0.0255. The van der Waals surface area contributed by atoms with Crippen LogP contribution >= 0.6 is 0 Å². The number of carbonyl (C=O) groups is 2. The highest BCUT2D eigenvalue weighted by molar-refractivity contribution is 5.94. The summed E-state index contributed by atoms with van der Waals surface area (Å²) in [5, 5.41) is 12.0. The Balaban J connectivity index is 1.98. The van der Waals surface area contributed by atoms with Gasteiger partial charge in [-0.25, -0.2) is 8.78 Å². The predicted octanol–water partition coefficient (Wildman–Crippen LogP) is 3.64. The summed E-state index contributed by atoms with van der Waals surface area (Å²) in [7, 11) is 0.